The number of benzene rings is 1. The summed E-state index contributed by atoms with van der Waals surface area (Å²) < 4.78 is 14.0. The first kappa shape index (κ1) is 23.0. The summed E-state index contributed by atoms with van der Waals surface area (Å²) in [5.41, 5.74) is 3.33. The van der Waals surface area contributed by atoms with Crippen molar-refractivity contribution >= 4 is 17.7 Å². The second kappa shape index (κ2) is 10.2. The van der Waals surface area contributed by atoms with Gasteiger partial charge in [0.2, 0.25) is 5.91 Å². The molecule has 0 radical (unpaired) electrons. The van der Waals surface area contributed by atoms with Crippen LogP contribution in [0, 0.1) is 19.8 Å². The molecule has 1 aliphatic carbocycles. The maximum atomic E-state index is 12.9. The van der Waals surface area contributed by atoms with E-state index in [1.54, 1.807) is 11.8 Å². The molecule has 2 heterocycles. The van der Waals surface area contributed by atoms with Crippen LogP contribution in [0.3, 0.4) is 0 Å². The number of imidazole rings is 1. The zero-order chi connectivity index (χ0) is 22.7. The average molecular weight is 458 g/mol. The van der Waals surface area contributed by atoms with Crippen LogP contribution in [0.15, 0.2) is 23.4 Å². The number of thioether (sulfide) groups is 1. The highest BCUT2D eigenvalue weighted by Gasteiger charge is 2.25. The Morgan fingerprint density at radius 2 is 1.88 bits per heavy atom. The van der Waals surface area contributed by atoms with Crippen LogP contribution in [0.4, 0.5) is 0 Å². The SMILES string of the molecule is Cc1nc(SCC(=O)NC(c2ccc3c(c2)OCCCO3)C(C)C)n(C2CCCC2)c1C. The fourth-order valence-corrected chi connectivity index (χ4v) is 5.61. The number of rotatable bonds is 7. The van der Waals surface area contributed by atoms with Crippen molar-refractivity contribution in [1.82, 2.24) is 14.9 Å². The lowest BCUT2D eigenvalue weighted by Gasteiger charge is -2.24. The molecule has 1 fully saturated rings. The average Bonchev–Trinajstić information content (AvgIpc) is 3.31. The summed E-state index contributed by atoms with van der Waals surface area (Å²) in [6.07, 6.45) is 5.84. The number of aryl methyl sites for hydroxylation is 1. The molecule has 0 spiro atoms. The lowest BCUT2D eigenvalue weighted by molar-refractivity contribution is -0.119. The molecule has 7 heteroatoms. The Morgan fingerprint density at radius 3 is 2.59 bits per heavy atom. The van der Waals surface area contributed by atoms with Crippen LogP contribution in [-0.4, -0.2) is 34.4 Å². The van der Waals surface area contributed by atoms with E-state index in [1.807, 2.05) is 18.2 Å². The van der Waals surface area contributed by atoms with Crippen molar-refractivity contribution in [1.29, 1.82) is 0 Å². The van der Waals surface area contributed by atoms with Crippen LogP contribution in [0.25, 0.3) is 0 Å². The third kappa shape index (κ3) is 5.08. The predicted octanol–water partition coefficient (Wildman–Crippen LogP) is 5.38. The number of nitrogens with zero attached hydrogens (tertiary/aromatic N) is 2. The number of ether oxygens (including phenoxy) is 2. The van der Waals surface area contributed by atoms with E-state index in [4.69, 9.17) is 14.5 Å². The van der Waals surface area contributed by atoms with Crippen molar-refractivity contribution in [2.45, 2.75) is 77.0 Å². The number of hydrogen-bond donors (Lipinski definition) is 1. The summed E-state index contributed by atoms with van der Waals surface area (Å²) in [7, 11) is 0. The maximum Gasteiger partial charge on any atom is 0.230 e. The lowest BCUT2D eigenvalue weighted by atomic mass is 9.95. The summed E-state index contributed by atoms with van der Waals surface area (Å²) in [5, 5.41) is 4.21. The van der Waals surface area contributed by atoms with E-state index < -0.39 is 0 Å². The molecule has 1 atom stereocenters. The van der Waals surface area contributed by atoms with E-state index in [-0.39, 0.29) is 17.9 Å². The minimum atomic E-state index is -0.0849. The van der Waals surface area contributed by atoms with E-state index in [0.29, 0.717) is 25.0 Å². The molecule has 4 rings (SSSR count). The van der Waals surface area contributed by atoms with Crippen LogP contribution >= 0.6 is 11.8 Å². The highest BCUT2D eigenvalue weighted by Crippen LogP contribution is 2.36. The third-order valence-corrected chi connectivity index (χ3v) is 7.44. The molecule has 1 aromatic heterocycles. The Hall–Kier alpha value is -2.15. The molecule has 32 heavy (non-hydrogen) atoms. The summed E-state index contributed by atoms with van der Waals surface area (Å²) in [6.45, 7) is 9.77. The Kier molecular flexibility index (Phi) is 7.33. The van der Waals surface area contributed by atoms with Gasteiger partial charge < -0.3 is 19.4 Å². The Bertz CT molecular complexity index is 950. The van der Waals surface area contributed by atoms with Crippen LogP contribution in [0.5, 0.6) is 11.5 Å². The second-order valence-electron chi connectivity index (χ2n) is 9.21. The quantitative estimate of drug-likeness (QED) is 0.565. The zero-order valence-corrected chi connectivity index (χ0v) is 20.5. The minimum Gasteiger partial charge on any atom is -0.490 e. The molecule has 1 aliphatic heterocycles. The molecule has 0 saturated heterocycles. The van der Waals surface area contributed by atoms with Gasteiger partial charge in [0.25, 0.3) is 0 Å². The summed E-state index contributed by atoms with van der Waals surface area (Å²) in [5.74, 6) is 2.17. The van der Waals surface area contributed by atoms with Gasteiger partial charge in [0.05, 0.1) is 30.7 Å². The van der Waals surface area contributed by atoms with Crippen LogP contribution < -0.4 is 14.8 Å². The van der Waals surface area contributed by atoms with E-state index in [2.05, 4.69) is 37.6 Å². The van der Waals surface area contributed by atoms with Crippen molar-refractivity contribution in [2.75, 3.05) is 19.0 Å². The highest BCUT2D eigenvalue weighted by atomic mass is 32.2. The van der Waals surface area contributed by atoms with E-state index in [9.17, 15) is 4.79 Å². The van der Waals surface area contributed by atoms with Gasteiger partial charge in [0.1, 0.15) is 0 Å². The van der Waals surface area contributed by atoms with Crippen molar-refractivity contribution < 1.29 is 14.3 Å². The van der Waals surface area contributed by atoms with E-state index in [1.165, 1.54) is 31.4 Å². The molecular weight excluding hydrogens is 422 g/mol. The Labute approximate surface area is 195 Å². The van der Waals surface area contributed by atoms with Gasteiger partial charge in [0.15, 0.2) is 16.7 Å². The number of carbonyl (C=O) groups is 1. The number of carbonyl (C=O) groups excluding carboxylic acids is 1. The maximum absolute atomic E-state index is 12.9. The van der Waals surface area contributed by atoms with Gasteiger partial charge >= 0.3 is 0 Å². The number of nitrogens with one attached hydrogen (secondary N) is 1. The molecule has 1 N–H and O–H groups in total. The molecule has 1 amide bonds. The monoisotopic (exact) mass is 457 g/mol. The summed E-state index contributed by atoms with van der Waals surface area (Å²) >= 11 is 1.55. The number of aromatic nitrogens is 2. The molecule has 6 nitrogen and oxygen atoms in total. The topological polar surface area (TPSA) is 65.4 Å². The van der Waals surface area contributed by atoms with Crippen molar-refractivity contribution in [3.05, 3.63) is 35.2 Å². The van der Waals surface area contributed by atoms with Crippen LogP contribution in [0.2, 0.25) is 0 Å². The summed E-state index contributed by atoms with van der Waals surface area (Å²) in [4.78, 5) is 17.7. The smallest absolute Gasteiger partial charge is 0.230 e. The molecule has 1 aromatic carbocycles. The molecular formula is C25H35N3O3S. The van der Waals surface area contributed by atoms with Gasteiger partial charge in [-0.15, -0.1) is 0 Å². The fourth-order valence-electron chi connectivity index (χ4n) is 4.64. The normalized spacial score (nSPS) is 17.4. The van der Waals surface area contributed by atoms with Crippen molar-refractivity contribution in [3.63, 3.8) is 0 Å². The standard InChI is InChI=1S/C25H35N3O3S/c1-16(2)24(19-10-11-21-22(14-19)31-13-7-12-30-21)27-23(29)15-32-25-26-17(3)18(4)28(25)20-8-5-6-9-20/h10-11,14,16,20,24H,5-9,12-13,15H2,1-4H3,(H,27,29). The van der Waals surface area contributed by atoms with Gasteiger partial charge in [-0.2, -0.15) is 0 Å². The predicted molar refractivity (Wildman–Crippen MR) is 128 cm³/mol. The second-order valence-corrected chi connectivity index (χ2v) is 10.2. The Morgan fingerprint density at radius 1 is 1.16 bits per heavy atom. The molecule has 174 valence electrons. The highest BCUT2D eigenvalue weighted by molar-refractivity contribution is 7.99. The van der Waals surface area contributed by atoms with Crippen molar-refractivity contribution in [2.24, 2.45) is 5.92 Å². The third-order valence-electron chi connectivity index (χ3n) is 6.49. The fraction of sp³-hybridized carbons (Fsp3) is 0.600. The van der Waals surface area contributed by atoms with Gasteiger partial charge in [-0.25, -0.2) is 4.98 Å². The molecule has 1 saturated carbocycles. The molecule has 2 aliphatic rings. The Balaban J connectivity index is 1.44. The lowest BCUT2D eigenvalue weighted by Crippen LogP contribution is -2.33. The largest absolute Gasteiger partial charge is 0.490 e. The van der Waals surface area contributed by atoms with Gasteiger partial charge in [-0.1, -0.05) is 44.5 Å². The molecule has 1 unspecified atom stereocenters. The molecule has 0 bridgehead atoms. The van der Waals surface area contributed by atoms with Gasteiger partial charge in [-0.05, 0) is 50.3 Å². The van der Waals surface area contributed by atoms with E-state index >= 15 is 0 Å². The first-order valence-electron chi connectivity index (χ1n) is 11.8. The molecule has 2 aromatic rings. The van der Waals surface area contributed by atoms with Gasteiger partial charge in [-0.3, -0.25) is 4.79 Å². The van der Waals surface area contributed by atoms with E-state index in [0.717, 1.165) is 34.3 Å². The number of hydrogen-bond acceptors (Lipinski definition) is 5. The minimum absolute atomic E-state index is 0.0251. The van der Waals surface area contributed by atoms with Gasteiger partial charge in [0, 0.05) is 18.2 Å². The van der Waals surface area contributed by atoms with Crippen LogP contribution in [-0.2, 0) is 4.79 Å². The van der Waals surface area contributed by atoms with Crippen molar-refractivity contribution in [3.8, 4) is 11.5 Å². The number of amides is 1. The number of fused-ring (bicyclic) bond motifs is 1. The first-order valence-corrected chi connectivity index (χ1v) is 12.8. The first-order chi connectivity index (χ1) is 15.4. The van der Waals surface area contributed by atoms with Crippen LogP contribution in [0.1, 0.15) is 75.0 Å². The zero-order valence-electron chi connectivity index (χ0n) is 19.6. The summed E-state index contributed by atoms with van der Waals surface area (Å²) in [6, 6.07) is 6.44.